The highest BCUT2D eigenvalue weighted by atomic mass is 32.2. The molecule has 1 aliphatic heterocycles. The summed E-state index contributed by atoms with van der Waals surface area (Å²) in [4.78, 5) is 43.9. The topological polar surface area (TPSA) is 227 Å². The number of hydrogen-bond donors (Lipinski definition) is 5. The molecule has 0 spiro atoms. The lowest BCUT2D eigenvalue weighted by Gasteiger charge is -2.13. The molecular formula is C16H22FN8O7PS. The second kappa shape index (κ2) is 11.2. The summed E-state index contributed by atoms with van der Waals surface area (Å²) in [5.41, 5.74) is 10.8. The van der Waals surface area contributed by atoms with Crippen LogP contribution in [0.15, 0.2) is 23.6 Å². The number of rotatable bonds is 7. The van der Waals surface area contributed by atoms with Gasteiger partial charge >= 0.3 is 13.3 Å². The molecule has 0 radical (unpaired) electrons. The van der Waals surface area contributed by atoms with Gasteiger partial charge in [0, 0.05) is 12.3 Å². The Morgan fingerprint density at radius 3 is 2.74 bits per heavy atom. The van der Waals surface area contributed by atoms with Crippen molar-refractivity contribution in [1.29, 1.82) is 0 Å². The van der Waals surface area contributed by atoms with Gasteiger partial charge in [-0.25, -0.2) is 24.1 Å². The van der Waals surface area contributed by atoms with Crippen molar-refractivity contribution >= 4 is 42.2 Å². The molecule has 4 rings (SSSR count). The highest BCUT2D eigenvalue weighted by Crippen LogP contribution is 2.33. The number of aromatic nitrogens is 6. The maximum absolute atomic E-state index is 13.1. The highest BCUT2D eigenvalue weighted by molar-refractivity contribution is 8.00. The van der Waals surface area contributed by atoms with Crippen LogP contribution in [-0.2, 0) is 20.6 Å². The van der Waals surface area contributed by atoms with Crippen LogP contribution in [0.25, 0.3) is 11.2 Å². The van der Waals surface area contributed by atoms with E-state index >= 15 is 0 Å². The van der Waals surface area contributed by atoms with E-state index in [1.165, 1.54) is 24.4 Å². The molecular weight excluding hydrogens is 498 g/mol. The van der Waals surface area contributed by atoms with Gasteiger partial charge in [-0.1, -0.05) is 0 Å². The summed E-state index contributed by atoms with van der Waals surface area (Å²) < 4.78 is 36.6. The molecule has 1 fully saturated rings. The highest BCUT2D eigenvalue weighted by Gasteiger charge is 2.28. The van der Waals surface area contributed by atoms with Crippen LogP contribution in [0.5, 0.6) is 0 Å². The minimum Gasteiger partial charge on any atom is -0.393 e. The van der Waals surface area contributed by atoms with Crippen molar-refractivity contribution in [2.45, 2.75) is 18.2 Å². The van der Waals surface area contributed by atoms with E-state index in [2.05, 4.69) is 19.9 Å². The fourth-order valence-electron chi connectivity index (χ4n) is 2.76. The van der Waals surface area contributed by atoms with Gasteiger partial charge in [-0.05, 0) is 0 Å². The Morgan fingerprint density at radius 1 is 1.29 bits per heavy atom. The number of nitrogens with zero attached hydrogens (tertiary/aromatic N) is 6. The molecule has 1 aliphatic rings. The molecule has 0 aromatic carbocycles. The van der Waals surface area contributed by atoms with Crippen LogP contribution in [0, 0.1) is 5.82 Å². The van der Waals surface area contributed by atoms with Crippen molar-refractivity contribution in [2.75, 3.05) is 36.8 Å². The minimum atomic E-state index is -4.12. The molecule has 3 aromatic heterocycles. The zero-order valence-electron chi connectivity index (χ0n) is 17.5. The van der Waals surface area contributed by atoms with Crippen LogP contribution in [0.3, 0.4) is 0 Å². The quantitative estimate of drug-likeness (QED) is 0.188. The van der Waals surface area contributed by atoms with Gasteiger partial charge < -0.3 is 40.4 Å². The number of imidazole rings is 1. The third-order valence-electron chi connectivity index (χ3n) is 4.29. The lowest BCUT2D eigenvalue weighted by atomic mass is 10.5. The van der Waals surface area contributed by atoms with Crippen LogP contribution >= 0.6 is 19.4 Å². The zero-order chi connectivity index (χ0) is 24.9. The first-order chi connectivity index (χ1) is 16.1. The molecule has 3 aromatic rings. The molecule has 0 saturated carbocycles. The van der Waals surface area contributed by atoms with Crippen molar-refractivity contribution in [3.05, 3.63) is 35.2 Å². The normalized spacial score (nSPS) is 18.1. The van der Waals surface area contributed by atoms with Crippen molar-refractivity contribution in [3.8, 4) is 0 Å². The Labute approximate surface area is 195 Å². The molecule has 0 aliphatic carbocycles. The van der Waals surface area contributed by atoms with Gasteiger partial charge in [0.05, 0.1) is 25.7 Å². The molecule has 2 atom stereocenters. The predicted octanol–water partition coefficient (Wildman–Crippen LogP) is -0.895. The maximum atomic E-state index is 13.1. The van der Waals surface area contributed by atoms with Crippen molar-refractivity contribution in [3.63, 3.8) is 0 Å². The number of ether oxygens (including phenoxy) is 2. The average molecular weight is 520 g/mol. The van der Waals surface area contributed by atoms with Crippen LogP contribution in [-0.4, -0.2) is 74.7 Å². The first-order valence-electron chi connectivity index (χ1n) is 9.54. The number of aliphatic hydroxyl groups excluding tert-OH is 1. The molecule has 15 nitrogen and oxygen atoms in total. The molecule has 186 valence electrons. The molecule has 0 unspecified atom stereocenters. The Bertz CT molecular complexity index is 1240. The lowest BCUT2D eigenvalue weighted by molar-refractivity contribution is -0.00677. The predicted molar refractivity (Wildman–Crippen MR) is 119 cm³/mol. The monoisotopic (exact) mass is 520 g/mol. The van der Waals surface area contributed by atoms with Gasteiger partial charge in [0.25, 0.3) is 0 Å². The van der Waals surface area contributed by atoms with Crippen molar-refractivity contribution in [1.82, 2.24) is 29.1 Å². The van der Waals surface area contributed by atoms with Crippen LogP contribution < -0.4 is 17.2 Å². The standard InChI is InChI=1S/C8H10FN3O3S.C8H12N5O4P/c9-4-1-12(8(14)11-7(4)10)5-3-16-6(2-13)15-5;9-7-6-8(11-3-10-7)13(4-12-6)1-2-17-5-18(14,15)16/h1,5-6,13H,2-3H2,(H2,10,11,14);3-4H,1-2,5H2,(H2,9,10,11)(H2,14,15,16)/t5-,6+;/m0./s1. The third-order valence-corrected chi connectivity index (χ3v) is 5.92. The van der Waals surface area contributed by atoms with Crippen molar-refractivity contribution in [2.24, 2.45) is 0 Å². The van der Waals surface area contributed by atoms with E-state index in [9.17, 15) is 13.8 Å². The van der Waals surface area contributed by atoms with E-state index in [4.69, 9.17) is 35.8 Å². The fraction of sp³-hybridized carbons (Fsp3) is 0.438. The van der Waals surface area contributed by atoms with Gasteiger partial charge in [0.2, 0.25) is 0 Å². The minimum absolute atomic E-state index is 0.139. The van der Waals surface area contributed by atoms with E-state index < -0.39 is 42.9 Å². The van der Waals surface area contributed by atoms with E-state index in [1.54, 1.807) is 4.57 Å². The number of aliphatic hydroxyl groups is 1. The Balaban J connectivity index is 0.000000192. The second-order valence-corrected chi connectivity index (χ2v) is 9.55. The summed E-state index contributed by atoms with van der Waals surface area (Å²) in [6, 6.07) is 0. The van der Waals surface area contributed by atoms with Crippen LogP contribution in [0.1, 0.15) is 6.23 Å². The summed E-state index contributed by atoms with van der Waals surface area (Å²) >= 11 is 1.35. The van der Waals surface area contributed by atoms with Gasteiger partial charge in [0.15, 0.2) is 23.1 Å². The summed E-state index contributed by atoms with van der Waals surface area (Å²) in [5, 5.41) is 8.86. The van der Waals surface area contributed by atoms with Crippen LogP contribution in [0.2, 0.25) is 0 Å². The fourth-order valence-corrected chi connectivity index (χ4v) is 4.06. The molecule has 7 N–H and O–H groups in total. The van der Waals surface area contributed by atoms with Gasteiger partial charge in [-0.15, -0.1) is 11.8 Å². The third kappa shape index (κ3) is 6.69. The number of hydrogen-bond acceptors (Lipinski definition) is 12. The Kier molecular flexibility index (Phi) is 8.53. The second-order valence-electron chi connectivity index (χ2n) is 6.77. The number of thioether (sulfide) groups is 1. The summed E-state index contributed by atoms with van der Waals surface area (Å²) in [6.45, 7) is 0.355. The number of fused-ring (bicyclic) bond motifs is 1. The number of halogens is 1. The molecule has 1 saturated heterocycles. The molecule has 18 heteroatoms. The average Bonchev–Trinajstić information content (AvgIpc) is 3.42. The van der Waals surface area contributed by atoms with E-state index in [1.807, 2.05) is 0 Å². The van der Waals surface area contributed by atoms with E-state index in [-0.39, 0.29) is 19.0 Å². The summed E-state index contributed by atoms with van der Waals surface area (Å²) in [7, 11) is -4.12. The van der Waals surface area contributed by atoms with Gasteiger partial charge in [-0.2, -0.15) is 4.98 Å². The number of nitrogens with two attached hydrogens (primary N) is 2. The van der Waals surface area contributed by atoms with E-state index in [0.29, 0.717) is 23.5 Å². The van der Waals surface area contributed by atoms with Crippen LogP contribution in [0.4, 0.5) is 16.0 Å². The summed E-state index contributed by atoms with van der Waals surface area (Å²) in [5.74, 6) is -0.447. The largest absolute Gasteiger partial charge is 0.393 e. The van der Waals surface area contributed by atoms with E-state index in [0.717, 1.165) is 10.8 Å². The lowest BCUT2D eigenvalue weighted by Crippen LogP contribution is -2.29. The smallest absolute Gasteiger partial charge is 0.351 e. The SMILES string of the molecule is Nc1nc(=O)n([C@@H]2CS[C@H](CO)O2)cc1F.Nc1ncnc2c1ncn2CCOCP(=O)(O)O. The molecule has 34 heavy (non-hydrogen) atoms. The maximum Gasteiger partial charge on any atom is 0.351 e. The molecule has 0 amide bonds. The Morgan fingerprint density at radius 2 is 2.06 bits per heavy atom. The first kappa shape index (κ1) is 26.0. The molecule has 0 bridgehead atoms. The summed E-state index contributed by atoms with van der Waals surface area (Å²) in [6.07, 6.45) is 2.60. The Hall–Kier alpha value is -2.66. The van der Waals surface area contributed by atoms with Crippen molar-refractivity contribution < 1.29 is 33.3 Å². The van der Waals surface area contributed by atoms with Gasteiger partial charge in [0.1, 0.15) is 29.9 Å². The first-order valence-corrected chi connectivity index (χ1v) is 12.4. The molecule has 4 heterocycles. The van der Waals surface area contributed by atoms with Gasteiger partial charge in [-0.3, -0.25) is 9.13 Å². The zero-order valence-corrected chi connectivity index (χ0v) is 19.2. The number of anilines is 2. The number of nitrogen functional groups attached to an aromatic ring is 2.